The second-order valence-corrected chi connectivity index (χ2v) is 13.8. The van der Waals surface area contributed by atoms with Crippen molar-refractivity contribution in [1.82, 2.24) is 4.90 Å². The molecule has 3 saturated heterocycles. The van der Waals surface area contributed by atoms with Gasteiger partial charge in [-0.1, -0.05) is 52.3 Å². The van der Waals surface area contributed by atoms with E-state index in [1.54, 1.807) is 13.8 Å². The van der Waals surface area contributed by atoms with Gasteiger partial charge in [-0.2, -0.15) is 0 Å². The average molecular weight is 654 g/mol. The molecular formula is C31H59NO9S2. The molecule has 3 rings (SSSR count). The van der Waals surface area contributed by atoms with Crippen molar-refractivity contribution in [2.75, 3.05) is 14.1 Å². The number of hydrogen-bond acceptors (Lipinski definition) is 11. The van der Waals surface area contributed by atoms with Gasteiger partial charge in [0.2, 0.25) is 0 Å². The molecule has 0 aliphatic carbocycles. The summed E-state index contributed by atoms with van der Waals surface area (Å²) in [5, 5.41) is 19.0. The number of carbonyl (C=O) groups excluding carboxylic acids is 3. The zero-order valence-electron chi connectivity index (χ0n) is 27.9. The highest BCUT2D eigenvalue weighted by molar-refractivity contribution is 8.69. The normalized spacial score (nSPS) is 39.0. The van der Waals surface area contributed by atoms with Crippen LogP contribution in [0, 0.1) is 23.7 Å². The summed E-state index contributed by atoms with van der Waals surface area (Å²) in [6, 6.07) is 0.466. The predicted molar refractivity (Wildman–Crippen MR) is 174 cm³/mol. The van der Waals surface area contributed by atoms with E-state index in [1.807, 2.05) is 55.6 Å². The van der Waals surface area contributed by atoms with E-state index >= 15 is 0 Å². The van der Waals surface area contributed by atoms with E-state index in [4.69, 9.17) is 14.2 Å². The molecule has 254 valence electrons. The van der Waals surface area contributed by atoms with Crippen LogP contribution in [0.1, 0.15) is 100 Å². The standard InChI is InChI=1S/C21H34O6S2.C8H17NO2.C2H6.H2O/c1-6-16-21(5)17(18(29-28)20(25)27-21)13(4)15(23)8-7-14(22)10-11(2)9-12(3)19(24)26-16;1-6-4-7(9(2)3)5-8(10)11-6;1-2;/h11-14,16-18,22,28H,6-10H2,1-5H3;6-8,10H,4-5H2,1-3H3;1-2H3;1H2/t11-,12?,13?,14?,16+,17?,18?,21+;;;/m0.../s1. The average Bonchev–Trinajstić information content (AvgIpc) is 3.19. The molecule has 8 unspecified atom stereocenters. The molecule has 0 aromatic rings. The Kier molecular flexibility index (Phi) is 19.2. The highest BCUT2D eigenvalue weighted by Gasteiger charge is 2.60. The number of rotatable bonds is 3. The van der Waals surface area contributed by atoms with Gasteiger partial charge in [0.15, 0.2) is 11.9 Å². The Morgan fingerprint density at radius 3 is 2.12 bits per heavy atom. The smallest absolute Gasteiger partial charge is 0.321 e. The van der Waals surface area contributed by atoms with Crippen molar-refractivity contribution in [1.29, 1.82) is 0 Å². The summed E-state index contributed by atoms with van der Waals surface area (Å²) < 4.78 is 16.8. The first-order valence-corrected chi connectivity index (χ1v) is 17.5. The Labute approximate surface area is 268 Å². The topological polar surface area (TPSA) is 154 Å². The lowest BCUT2D eigenvalue weighted by atomic mass is 9.73. The molecule has 0 amide bonds. The zero-order chi connectivity index (χ0) is 32.4. The highest BCUT2D eigenvalue weighted by Crippen LogP contribution is 2.48. The van der Waals surface area contributed by atoms with E-state index < -0.39 is 47.2 Å². The van der Waals surface area contributed by atoms with Crippen LogP contribution in [0.25, 0.3) is 0 Å². The number of hydrogen-bond donors (Lipinski definition) is 3. The first-order valence-electron chi connectivity index (χ1n) is 15.6. The van der Waals surface area contributed by atoms with Gasteiger partial charge in [-0.05, 0) is 66.0 Å². The van der Waals surface area contributed by atoms with Gasteiger partial charge in [-0.3, -0.25) is 14.4 Å². The Balaban J connectivity index is 0.00000105. The summed E-state index contributed by atoms with van der Waals surface area (Å²) >= 11 is 4.25. The predicted octanol–water partition coefficient (Wildman–Crippen LogP) is 4.23. The third-order valence-corrected chi connectivity index (χ3v) is 10.1. The van der Waals surface area contributed by atoms with Crippen molar-refractivity contribution in [3.05, 3.63) is 0 Å². The number of fused-ring (bicyclic) bond motifs is 1. The van der Waals surface area contributed by atoms with Gasteiger partial charge in [0.05, 0.1) is 18.1 Å². The Morgan fingerprint density at radius 2 is 1.60 bits per heavy atom. The summed E-state index contributed by atoms with van der Waals surface area (Å²) in [6.45, 7) is 15.3. The van der Waals surface area contributed by atoms with Crippen molar-refractivity contribution in [2.24, 2.45) is 23.7 Å². The number of aliphatic hydroxyl groups is 2. The number of carbonyl (C=O) groups is 3. The minimum atomic E-state index is -1.11. The largest absolute Gasteiger partial charge is 0.458 e. The fourth-order valence-corrected chi connectivity index (χ4v) is 7.85. The van der Waals surface area contributed by atoms with Crippen LogP contribution in [0.2, 0.25) is 0 Å². The Bertz CT molecular complexity index is 853. The van der Waals surface area contributed by atoms with Gasteiger partial charge >= 0.3 is 11.9 Å². The van der Waals surface area contributed by atoms with Crippen LogP contribution in [-0.2, 0) is 28.6 Å². The van der Waals surface area contributed by atoms with Gasteiger partial charge in [0.1, 0.15) is 17.1 Å². The minimum Gasteiger partial charge on any atom is -0.458 e. The molecule has 43 heavy (non-hydrogen) atoms. The molecule has 3 aliphatic heterocycles. The lowest BCUT2D eigenvalue weighted by molar-refractivity contribution is -0.183. The van der Waals surface area contributed by atoms with Crippen LogP contribution in [0.5, 0.6) is 0 Å². The van der Waals surface area contributed by atoms with Crippen molar-refractivity contribution in [3.8, 4) is 0 Å². The monoisotopic (exact) mass is 653 g/mol. The van der Waals surface area contributed by atoms with Crippen LogP contribution >= 0.6 is 22.5 Å². The number of ketones is 1. The minimum absolute atomic E-state index is 0. The quantitative estimate of drug-likeness (QED) is 0.229. The lowest BCUT2D eigenvalue weighted by Crippen LogP contribution is -2.51. The molecule has 3 heterocycles. The van der Waals surface area contributed by atoms with E-state index in [1.165, 1.54) is 0 Å². The van der Waals surface area contributed by atoms with Crippen molar-refractivity contribution in [3.63, 3.8) is 0 Å². The van der Waals surface area contributed by atoms with Gasteiger partial charge < -0.3 is 34.8 Å². The highest BCUT2D eigenvalue weighted by atomic mass is 33.1. The molecule has 3 fully saturated rings. The van der Waals surface area contributed by atoms with Gasteiger partial charge in [0, 0.05) is 30.7 Å². The summed E-state index contributed by atoms with van der Waals surface area (Å²) in [7, 11) is 5.14. The molecule has 11 atom stereocenters. The molecule has 12 heteroatoms. The number of nitrogens with zero attached hydrogens (tertiary/aromatic N) is 1. The van der Waals surface area contributed by atoms with Crippen LogP contribution in [-0.4, -0.2) is 93.9 Å². The summed E-state index contributed by atoms with van der Waals surface area (Å²) in [4.78, 5) is 40.5. The van der Waals surface area contributed by atoms with Crippen molar-refractivity contribution < 1.29 is 44.3 Å². The molecular weight excluding hydrogens is 594 g/mol. The number of Topliss-reactive ketones (excluding diaryl/α,β-unsaturated/α-hetero) is 1. The third kappa shape index (κ3) is 11.8. The SMILES string of the molecule is CC.CC1CC(N(C)C)CC(O)O1.CC[C@H]1OC(=O)C(C)C[C@H](C)CC(O)CCC(=O)C(C)C2C(SS)C(=O)O[C@@]21C.O. The summed E-state index contributed by atoms with van der Waals surface area (Å²) in [6.07, 6.45) is 2.35. The van der Waals surface area contributed by atoms with Crippen molar-refractivity contribution >= 4 is 40.2 Å². The van der Waals surface area contributed by atoms with Crippen LogP contribution in [0.3, 0.4) is 0 Å². The number of ether oxygens (including phenoxy) is 3. The van der Waals surface area contributed by atoms with Crippen LogP contribution < -0.4 is 0 Å². The first kappa shape index (κ1) is 42.1. The third-order valence-electron chi connectivity index (χ3n) is 8.72. The van der Waals surface area contributed by atoms with Gasteiger partial charge in [-0.15, -0.1) is 11.7 Å². The maximum absolute atomic E-state index is 13.0. The number of esters is 2. The van der Waals surface area contributed by atoms with E-state index in [0.29, 0.717) is 31.7 Å². The van der Waals surface area contributed by atoms with Gasteiger partial charge in [0.25, 0.3) is 0 Å². The van der Waals surface area contributed by atoms with E-state index in [0.717, 1.165) is 23.6 Å². The number of cyclic esters (lactones) is 1. The number of aliphatic hydroxyl groups excluding tert-OH is 2. The summed E-state index contributed by atoms with van der Waals surface area (Å²) in [5.74, 6) is -1.97. The Hall–Kier alpha value is -0.890. The number of thiol groups is 1. The van der Waals surface area contributed by atoms with E-state index in [9.17, 15) is 24.6 Å². The van der Waals surface area contributed by atoms with Crippen LogP contribution in [0.4, 0.5) is 0 Å². The molecule has 0 aromatic carbocycles. The van der Waals surface area contributed by atoms with Gasteiger partial charge in [-0.25, -0.2) is 0 Å². The second-order valence-electron chi connectivity index (χ2n) is 12.4. The molecule has 0 radical (unpaired) electrons. The van der Waals surface area contributed by atoms with Crippen LogP contribution in [0.15, 0.2) is 0 Å². The maximum atomic E-state index is 13.0. The zero-order valence-corrected chi connectivity index (χ0v) is 29.6. The lowest BCUT2D eigenvalue weighted by Gasteiger charge is -2.39. The molecule has 0 spiro atoms. The fourth-order valence-electron chi connectivity index (χ4n) is 6.43. The van der Waals surface area contributed by atoms with E-state index in [-0.39, 0.29) is 41.6 Å². The van der Waals surface area contributed by atoms with E-state index in [2.05, 4.69) is 16.6 Å². The fraction of sp³-hybridized carbons (Fsp3) is 0.903. The maximum Gasteiger partial charge on any atom is 0.321 e. The molecule has 4 N–H and O–H groups in total. The molecule has 0 bridgehead atoms. The first-order chi connectivity index (χ1) is 19.6. The molecule has 3 aliphatic rings. The molecule has 10 nitrogen and oxygen atoms in total. The summed E-state index contributed by atoms with van der Waals surface area (Å²) in [5.41, 5.74) is -1.11. The van der Waals surface area contributed by atoms with Crippen molar-refractivity contribution in [2.45, 2.75) is 142 Å². The molecule has 0 saturated carbocycles. The second kappa shape index (κ2) is 19.6. The molecule has 0 aromatic heterocycles. The Morgan fingerprint density at radius 1 is 1.00 bits per heavy atom.